The number of amides is 2. The van der Waals surface area contributed by atoms with Crippen molar-refractivity contribution in [2.24, 2.45) is 0 Å². The molecule has 1 fully saturated rings. The number of aryl methyl sites for hydroxylation is 1. The highest BCUT2D eigenvalue weighted by atomic mass is 16.2. The predicted molar refractivity (Wildman–Crippen MR) is 87.2 cm³/mol. The predicted octanol–water partition coefficient (Wildman–Crippen LogP) is 3.20. The molecule has 2 N–H and O–H groups in total. The standard InChI is InChI=1S/C17H21N5O/c23-17(21-15-9-11-19-22(15)13-6-2-7-13)20-14-8-1-4-12-5-3-10-18-16(12)14/h3,5,9-11,13-14H,1-2,4,6-8H2,(H2,20,21,23)/t14-/m0/s1. The van der Waals surface area contributed by atoms with Crippen LogP contribution in [0.1, 0.15) is 55.4 Å². The van der Waals surface area contributed by atoms with E-state index in [0.717, 1.165) is 43.6 Å². The van der Waals surface area contributed by atoms with Crippen molar-refractivity contribution in [2.45, 2.75) is 50.6 Å². The third-order valence-electron chi connectivity index (χ3n) is 4.83. The van der Waals surface area contributed by atoms with Crippen LogP contribution >= 0.6 is 0 Å². The molecule has 2 amide bonds. The van der Waals surface area contributed by atoms with E-state index >= 15 is 0 Å². The van der Waals surface area contributed by atoms with Gasteiger partial charge in [0.1, 0.15) is 5.82 Å². The highest BCUT2D eigenvalue weighted by Gasteiger charge is 2.25. The maximum absolute atomic E-state index is 12.4. The molecule has 1 atom stereocenters. The molecule has 0 radical (unpaired) electrons. The number of pyridine rings is 1. The Morgan fingerprint density at radius 3 is 2.91 bits per heavy atom. The number of aromatic nitrogens is 3. The van der Waals surface area contributed by atoms with Crippen LogP contribution < -0.4 is 10.6 Å². The molecule has 2 aliphatic rings. The van der Waals surface area contributed by atoms with Gasteiger partial charge in [-0.2, -0.15) is 5.10 Å². The Labute approximate surface area is 135 Å². The lowest BCUT2D eigenvalue weighted by atomic mass is 9.92. The Balaban J connectivity index is 1.44. The van der Waals surface area contributed by atoms with Gasteiger partial charge in [-0.25, -0.2) is 9.48 Å². The van der Waals surface area contributed by atoms with E-state index in [1.165, 1.54) is 12.0 Å². The van der Waals surface area contributed by atoms with Crippen LogP contribution in [0.4, 0.5) is 10.6 Å². The van der Waals surface area contributed by atoms with Crippen LogP contribution in [0, 0.1) is 0 Å². The monoisotopic (exact) mass is 311 g/mol. The van der Waals surface area contributed by atoms with Crippen LogP contribution in [0.3, 0.4) is 0 Å². The van der Waals surface area contributed by atoms with E-state index in [9.17, 15) is 4.79 Å². The fourth-order valence-corrected chi connectivity index (χ4v) is 3.40. The second-order valence-electron chi connectivity index (χ2n) is 6.34. The molecule has 6 nitrogen and oxygen atoms in total. The first kappa shape index (κ1) is 14.2. The fraction of sp³-hybridized carbons (Fsp3) is 0.471. The van der Waals surface area contributed by atoms with Gasteiger partial charge in [0.2, 0.25) is 0 Å². The number of hydrogen-bond acceptors (Lipinski definition) is 3. The van der Waals surface area contributed by atoms with E-state index in [1.54, 1.807) is 12.4 Å². The van der Waals surface area contributed by atoms with E-state index < -0.39 is 0 Å². The van der Waals surface area contributed by atoms with E-state index in [2.05, 4.69) is 26.8 Å². The molecule has 1 saturated carbocycles. The van der Waals surface area contributed by atoms with E-state index in [4.69, 9.17) is 0 Å². The number of nitrogens with zero attached hydrogens (tertiary/aromatic N) is 3. The average molecular weight is 311 g/mol. The van der Waals surface area contributed by atoms with E-state index in [-0.39, 0.29) is 12.1 Å². The summed E-state index contributed by atoms with van der Waals surface area (Å²) >= 11 is 0. The van der Waals surface area contributed by atoms with Gasteiger partial charge in [0.25, 0.3) is 0 Å². The zero-order chi connectivity index (χ0) is 15.6. The molecule has 2 aliphatic carbocycles. The molecule has 4 rings (SSSR count). The van der Waals surface area contributed by atoms with Crippen molar-refractivity contribution >= 4 is 11.8 Å². The Morgan fingerprint density at radius 1 is 1.17 bits per heavy atom. The van der Waals surface area contributed by atoms with E-state index in [1.807, 2.05) is 16.8 Å². The van der Waals surface area contributed by atoms with Gasteiger partial charge in [-0.1, -0.05) is 6.07 Å². The number of nitrogens with one attached hydrogen (secondary N) is 2. The summed E-state index contributed by atoms with van der Waals surface area (Å²) in [5.74, 6) is 0.768. The first-order valence-electron chi connectivity index (χ1n) is 8.36. The highest BCUT2D eigenvalue weighted by molar-refractivity contribution is 5.88. The minimum absolute atomic E-state index is 0.0139. The Morgan fingerprint density at radius 2 is 2.09 bits per heavy atom. The third-order valence-corrected chi connectivity index (χ3v) is 4.83. The van der Waals surface area contributed by atoms with Crippen molar-refractivity contribution in [3.05, 3.63) is 41.9 Å². The second-order valence-corrected chi connectivity index (χ2v) is 6.34. The zero-order valence-electron chi connectivity index (χ0n) is 13.0. The van der Waals surface area contributed by atoms with Crippen molar-refractivity contribution in [1.82, 2.24) is 20.1 Å². The Kier molecular flexibility index (Phi) is 3.73. The van der Waals surface area contributed by atoms with Crippen LogP contribution in [0.25, 0.3) is 0 Å². The van der Waals surface area contributed by atoms with Gasteiger partial charge in [-0.05, 0) is 50.2 Å². The van der Waals surface area contributed by atoms with Gasteiger partial charge < -0.3 is 5.32 Å². The molecule has 0 aliphatic heterocycles. The topological polar surface area (TPSA) is 71.8 Å². The van der Waals surface area contributed by atoms with Gasteiger partial charge in [0.15, 0.2) is 0 Å². The summed E-state index contributed by atoms with van der Waals surface area (Å²) in [6, 6.07) is 6.13. The minimum atomic E-state index is -0.186. The fourth-order valence-electron chi connectivity index (χ4n) is 3.40. The van der Waals surface area contributed by atoms with Crippen LogP contribution in [0.5, 0.6) is 0 Å². The number of carbonyl (C=O) groups excluding carboxylic acids is 1. The molecule has 0 aromatic carbocycles. The van der Waals surface area contributed by atoms with Crippen molar-refractivity contribution < 1.29 is 4.79 Å². The Hall–Kier alpha value is -2.37. The summed E-state index contributed by atoms with van der Waals surface area (Å²) in [6.45, 7) is 0. The Bertz CT molecular complexity index is 707. The quantitative estimate of drug-likeness (QED) is 0.914. The normalized spacial score (nSPS) is 20.4. The molecule has 0 spiro atoms. The third kappa shape index (κ3) is 2.81. The molecule has 0 unspecified atom stereocenters. The molecule has 23 heavy (non-hydrogen) atoms. The number of fused-ring (bicyclic) bond motifs is 1. The molecule has 6 heteroatoms. The molecule has 0 saturated heterocycles. The second kappa shape index (κ2) is 6.02. The molecular weight excluding hydrogens is 290 g/mol. The molecule has 120 valence electrons. The molecule has 2 heterocycles. The van der Waals surface area contributed by atoms with Gasteiger partial charge in [0, 0.05) is 12.3 Å². The first-order chi connectivity index (χ1) is 11.3. The van der Waals surface area contributed by atoms with Crippen molar-refractivity contribution in [1.29, 1.82) is 0 Å². The summed E-state index contributed by atoms with van der Waals surface area (Å²) in [6.07, 6.45) is 10.1. The first-order valence-corrected chi connectivity index (χ1v) is 8.36. The van der Waals surface area contributed by atoms with Gasteiger partial charge >= 0.3 is 6.03 Å². The number of rotatable bonds is 3. The van der Waals surface area contributed by atoms with Crippen LogP contribution in [-0.2, 0) is 6.42 Å². The number of carbonyl (C=O) groups is 1. The summed E-state index contributed by atoms with van der Waals surface area (Å²) < 4.78 is 1.93. The highest BCUT2D eigenvalue weighted by Crippen LogP contribution is 2.33. The number of hydrogen-bond donors (Lipinski definition) is 2. The lowest BCUT2D eigenvalue weighted by Crippen LogP contribution is -2.35. The maximum atomic E-state index is 12.4. The molecule has 2 aromatic rings. The lowest BCUT2D eigenvalue weighted by Gasteiger charge is -2.28. The number of anilines is 1. The largest absolute Gasteiger partial charge is 0.329 e. The van der Waals surface area contributed by atoms with E-state index in [0.29, 0.717) is 6.04 Å². The maximum Gasteiger partial charge on any atom is 0.320 e. The smallest absolute Gasteiger partial charge is 0.320 e. The van der Waals surface area contributed by atoms with Gasteiger partial charge in [-0.15, -0.1) is 0 Å². The van der Waals surface area contributed by atoms with Crippen molar-refractivity contribution in [3.63, 3.8) is 0 Å². The summed E-state index contributed by atoms with van der Waals surface area (Å²) in [7, 11) is 0. The van der Waals surface area contributed by atoms with Gasteiger partial charge in [0.05, 0.1) is 24.0 Å². The summed E-state index contributed by atoms with van der Waals surface area (Å²) in [5, 5.41) is 10.3. The molecular formula is C17H21N5O. The minimum Gasteiger partial charge on any atom is -0.329 e. The van der Waals surface area contributed by atoms with Gasteiger partial charge in [-0.3, -0.25) is 10.3 Å². The van der Waals surface area contributed by atoms with Crippen molar-refractivity contribution in [2.75, 3.05) is 5.32 Å². The zero-order valence-corrected chi connectivity index (χ0v) is 13.0. The molecule has 0 bridgehead atoms. The van der Waals surface area contributed by atoms with Crippen LogP contribution in [0.2, 0.25) is 0 Å². The summed E-state index contributed by atoms with van der Waals surface area (Å²) in [5.41, 5.74) is 2.24. The van der Waals surface area contributed by atoms with Crippen LogP contribution in [0.15, 0.2) is 30.6 Å². The van der Waals surface area contributed by atoms with Crippen molar-refractivity contribution in [3.8, 4) is 0 Å². The SMILES string of the molecule is O=C(Nc1ccnn1C1CCC1)N[C@H]1CCCc2cccnc21. The lowest BCUT2D eigenvalue weighted by molar-refractivity contribution is 0.245. The number of urea groups is 1. The average Bonchev–Trinajstić information content (AvgIpc) is 2.94. The molecule has 2 aromatic heterocycles. The van der Waals surface area contributed by atoms with Crippen LogP contribution in [-0.4, -0.2) is 20.8 Å². The summed E-state index contributed by atoms with van der Waals surface area (Å²) in [4.78, 5) is 16.8.